The second-order valence-corrected chi connectivity index (χ2v) is 2.87. The van der Waals surface area contributed by atoms with Crippen LogP contribution in [-0.2, 0) is 0 Å². The van der Waals surface area contributed by atoms with Gasteiger partial charge in [0.05, 0.1) is 19.0 Å². The molecule has 0 bridgehead atoms. The molecule has 72 valence electrons. The summed E-state index contributed by atoms with van der Waals surface area (Å²) in [5.41, 5.74) is 1.06. The number of methoxy groups -OCH3 is 1. The van der Waals surface area contributed by atoms with Gasteiger partial charge in [-0.25, -0.2) is 0 Å². The Morgan fingerprint density at radius 2 is 2.31 bits per heavy atom. The van der Waals surface area contributed by atoms with Gasteiger partial charge in [-0.3, -0.25) is 4.98 Å². The largest absolute Gasteiger partial charge is 0.495 e. The summed E-state index contributed by atoms with van der Waals surface area (Å²) in [5.74, 6) is 0.801. The van der Waals surface area contributed by atoms with Gasteiger partial charge >= 0.3 is 0 Å². The van der Waals surface area contributed by atoms with Crippen molar-refractivity contribution in [2.75, 3.05) is 14.2 Å². The molecule has 3 heteroatoms. The lowest BCUT2D eigenvalue weighted by Crippen LogP contribution is -2.16. The molecule has 1 N–H and O–H groups in total. The molecule has 0 saturated carbocycles. The molecule has 0 aliphatic carbocycles. The van der Waals surface area contributed by atoms with Gasteiger partial charge in [-0.2, -0.15) is 0 Å². The molecule has 1 atom stereocenters. The van der Waals surface area contributed by atoms with Crippen LogP contribution in [-0.4, -0.2) is 19.1 Å². The molecule has 0 fully saturated rings. The maximum absolute atomic E-state index is 5.03. The van der Waals surface area contributed by atoms with Crippen LogP contribution in [0.4, 0.5) is 0 Å². The Hall–Kier alpha value is -1.09. The van der Waals surface area contributed by atoms with E-state index in [1.54, 1.807) is 13.3 Å². The van der Waals surface area contributed by atoms with Gasteiger partial charge in [0.25, 0.3) is 0 Å². The molecule has 1 rings (SSSR count). The minimum absolute atomic E-state index is 0.339. The topological polar surface area (TPSA) is 34.1 Å². The zero-order valence-corrected chi connectivity index (χ0v) is 8.37. The monoisotopic (exact) mass is 180 g/mol. The van der Waals surface area contributed by atoms with Crippen molar-refractivity contribution < 1.29 is 4.74 Å². The highest BCUT2D eigenvalue weighted by Crippen LogP contribution is 2.16. The van der Waals surface area contributed by atoms with E-state index in [9.17, 15) is 0 Å². The zero-order valence-electron chi connectivity index (χ0n) is 8.37. The minimum atomic E-state index is 0.339. The molecule has 0 aliphatic heterocycles. The molecule has 0 radical (unpaired) electrons. The van der Waals surface area contributed by atoms with Crippen molar-refractivity contribution in [1.29, 1.82) is 0 Å². The number of hydrogen-bond donors (Lipinski definition) is 1. The fourth-order valence-corrected chi connectivity index (χ4v) is 1.28. The van der Waals surface area contributed by atoms with Gasteiger partial charge in [-0.1, -0.05) is 6.92 Å². The standard InChI is InChI=1S/C10H16N2O/c1-4-9(11-2)10-6-5-8(13-3)7-12-10/h5-7,9,11H,4H2,1-3H3. The predicted molar refractivity (Wildman–Crippen MR) is 52.9 cm³/mol. The minimum Gasteiger partial charge on any atom is -0.495 e. The first kappa shape index (κ1) is 9.99. The van der Waals surface area contributed by atoms with Crippen molar-refractivity contribution in [2.45, 2.75) is 19.4 Å². The molecular weight excluding hydrogens is 164 g/mol. The van der Waals surface area contributed by atoms with Gasteiger partial charge in [0, 0.05) is 6.04 Å². The number of aromatic nitrogens is 1. The van der Waals surface area contributed by atoms with E-state index >= 15 is 0 Å². The number of pyridine rings is 1. The third-order valence-corrected chi connectivity index (χ3v) is 2.11. The molecule has 1 unspecified atom stereocenters. The average molecular weight is 180 g/mol. The third kappa shape index (κ3) is 2.42. The summed E-state index contributed by atoms with van der Waals surface area (Å²) in [5, 5.41) is 3.20. The van der Waals surface area contributed by atoms with E-state index in [1.807, 2.05) is 19.2 Å². The van der Waals surface area contributed by atoms with E-state index in [4.69, 9.17) is 4.74 Å². The Labute approximate surface area is 79.1 Å². The van der Waals surface area contributed by atoms with E-state index in [0.717, 1.165) is 17.9 Å². The lowest BCUT2D eigenvalue weighted by atomic mass is 10.1. The van der Waals surface area contributed by atoms with Crippen LogP contribution in [0.1, 0.15) is 25.1 Å². The average Bonchev–Trinajstić information content (AvgIpc) is 2.21. The van der Waals surface area contributed by atoms with E-state index in [2.05, 4.69) is 17.2 Å². The third-order valence-electron chi connectivity index (χ3n) is 2.11. The van der Waals surface area contributed by atoms with Gasteiger partial charge in [0.2, 0.25) is 0 Å². The summed E-state index contributed by atoms with van der Waals surface area (Å²) >= 11 is 0. The van der Waals surface area contributed by atoms with Gasteiger partial charge < -0.3 is 10.1 Å². The summed E-state index contributed by atoms with van der Waals surface area (Å²) < 4.78 is 5.03. The number of hydrogen-bond acceptors (Lipinski definition) is 3. The fraction of sp³-hybridized carbons (Fsp3) is 0.500. The van der Waals surface area contributed by atoms with Crippen LogP contribution in [0.15, 0.2) is 18.3 Å². The Balaban J connectivity index is 2.78. The van der Waals surface area contributed by atoms with Crippen molar-refractivity contribution in [2.24, 2.45) is 0 Å². The predicted octanol–water partition coefficient (Wildman–Crippen LogP) is 1.76. The van der Waals surface area contributed by atoms with Crippen LogP contribution in [0, 0.1) is 0 Å². The molecular formula is C10H16N2O. The smallest absolute Gasteiger partial charge is 0.137 e. The Kier molecular flexibility index (Phi) is 3.71. The van der Waals surface area contributed by atoms with E-state index < -0.39 is 0 Å². The second kappa shape index (κ2) is 4.82. The Morgan fingerprint density at radius 3 is 2.69 bits per heavy atom. The van der Waals surface area contributed by atoms with Crippen LogP contribution in [0.5, 0.6) is 5.75 Å². The van der Waals surface area contributed by atoms with E-state index in [0.29, 0.717) is 6.04 Å². The summed E-state index contributed by atoms with van der Waals surface area (Å²) in [6, 6.07) is 4.26. The molecule has 0 aliphatic rings. The highest BCUT2D eigenvalue weighted by molar-refractivity contribution is 5.21. The molecule has 0 aromatic carbocycles. The highest BCUT2D eigenvalue weighted by atomic mass is 16.5. The molecule has 1 aromatic heterocycles. The van der Waals surface area contributed by atoms with Crippen LogP contribution >= 0.6 is 0 Å². The highest BCUT2D eigenvalue weighted by Gasteiger charge is 2.06. The maximum atomic E-state index is 5.03. The normalized spacial score (nSPS) is 12.5. The second-order valence-electron chi connectivity index (χ2n) is 2.87. The van der Waals surface area contributed by atoms with Crippen molar-refractivity contribution in [3.05, 3.63) is 24.0 Å². The summed E-state index contributed by atoms with van der Waals surface area (Å²) in [7, 11) is 3.59. The molecule has 13 heavy (non-hydrogen) atoms. The van der Waals surface area contributed by atoms with Crippen LogP contribution in [0.2, 0.25) is 0 Å². The number of nitrogens with one attached hydrogen (secondary N) is 1. The SMILES string of the molecule is CCC(NC)c1ccc(OC)cn1. The lowest BCUT2D eigenvalue weighted by Gasteiger charge is -2.12. The number of rotatable bonds is 4. The Morgan fingerprint density at radius 1 is 1.54 bits per heavy atom. The zero-order chi connectivity index (χ0) is 9.68. The summed E-state index contributed by atoms with van der Waals surface area (Å²) in [4.78, 5) is 4.30. The molecule has 0 spiro atoms. The summed E-state index contributed by atoms with van der Waals surface area (Å²) in [6.45, 7) is 2.13. The van der Waals surface area contributed by atoms with E-state index in [-0.39, 0.29) is 0 Å². The van der Waals surface area contributed by atoms with Crippen molar-refractivity contribution in [1.82, 2.24) is 10.3 Å². The quantitative estimate of drug-likeness (QED) is 0.766. The summed E-state index contributed by atoms with van der Waals surface area (Å²) in [6.07, 6.45) is 2.78. The maximum Gasteiger partial charge on any atom is 0.137 e. The molecule has 1 aromatic rings. The van der Waals surface area contributed by atoms with Gasteiger partial charge in [0.15, 0.2) is 0 Å². The molecule has 3 nitrogen and oxygen atoms in total. The number of nitrogens with zero attached hydrogens (tertiary/aromatic N) is 1. The van der Waals surface area contributed by atoms with Gasteiger partial charge in [-0.15, -0.1) is 0 Å². The first-order valence-corrected chi connectivity index (χ1v) is 4.49. The van der Waals surface area contributed by atoms with Crippen molar-refractivity contribution in [3.8, 4) is 5.75 Å². The molecule has 1 heterocycles. The fourth-order valence-electron chi connectivity index (χ4n) is 1.28. The first-order valence-electron chi connectivity index (χ1n) is 4.49. The van der Waals surface area contributed by atoms with Crippen molar-refractivity contribution >= 4 is 0 Å². The lowest BCUT2D eigenvalue weighted by molar-refractivity contribution is 0.411. The van der Waals surface area contributed by atoms with Crippen LogP contribution in [0.25, 0.3) is 0 Å². The van der Waals surface area contributed by atoms with Crippen LogP contribution < -0.4 is 10.1 Å². The molecule has 0 saturated heterocycles. The van der Waals surface area contributed by atoms with Crippen molar-refractivity contribution in [3.63, 3.8) is 0 Å². The van der Waals surface area contributed by atoms with Crippen LogP contribution in [0.3, 0.4) is 0 Å². The molecule has 0 amide bonds. The van der Waals surface area contributed by atoms with Gasteiger partial charge in [-0.05, 0) is 25.6 Å². The number of ether oxygens (including phenoxy) is 1. The van der Waals surface area contributed by atoms with E-state index in [1.165, 1.54) is 0 Å². The Bertz CT molecular complexity index is 242. The first-order chi connectivity index (χ1) is 6.31. The van der Waals surface area contributed by atoms with Gasteiger partial charge in [0.1, 0.15) is 5.75 Å².